The lowest BCUT2D eigenvalue weighted by atomic mass is 9.94. The summed E-state index contributed by atoms with van der Waals surface area (Å²) < 4.78 is 32.6. The van der Waals surface area contributed by atoms with E-state index >= 15 is 0 Å². The standard InChI is InChI=1S/C12H14F2N2O4/c1-4-7(11(16)17)5(3-6(15)12(18)19)9(14)10(20-2)8(4)13/h6H,3,15H2,1-2H3,(H2,16,17)(H,18,19). The molecule has 1 atom stereocenters. The van der Waals surface area contributed by atoms with Gasteiger partial charge in [-0.3, -0.25) is 9.59 Å². The number of aliphatic carboxylic acids is 1. The molecule has 1 amide bonds. The van der Waals surface area contributed by atoms with E-state index in [1.54, 1.807) is 0 Å². The van der Waals surface area contributed by atoms with Gasteiger partial charge in [0.2, 0.25) is 5.91 Å². The molecule has 0 aliphatic rings. The molecule has 0 fully saturated rings. The molecule has 110 valence electrons. The van der Waals surface area contributed by atoms with Crippen molar-refractivity contribution >= 4 is 11.9 Å². The second-order valence-electron chi connectivity index (χ2n) is 4.15. The van der Waals surface area contributed by atoms with Gasteiger partial charge >= 0.3 is 5.97 Å². The third kappa shape index (κ3) is 2.69. The maximum absolute atomic E-state index is 14.1. The average Bonchev–Trinajstić information content (AvgIpc) is 2.35. The number of rotatable bonds is 5. The van der Waals surface area contributed by atoms with Crippen LogP contribution < -0.4 is 16.2 Å². The Morgan fingerprint density at radius 3 is 2.30 bits per heavy atom. The molecule has 0 aliphatic carbocycles. The number of carboxylic acid groups (broad SMARTS) is 1. The molecule has 0 saturated heterocycles. The van der Waals surface area contributed by atoms with E-state index < -0.39 is 47.3 Å². The van der Waals surface area contributed by atoms with Gasteiger partial charge in [0.25, 0.3) is 0 Å². The van der Waals surface area contributed by atoms with Crippen LogP contribution in [-0.2, 0) is 11.2 Å². The van der Waals surface area contributed by atoms with Crippen molar-refractivity contribution in [1.29, 1.82) is 0 Å². The number of halogens is 2. The van der Waals surface area contributed by atoms with Crippen molar-refractivity contribution in [2.45, 2.75) is 19.4 Å². The summed E-state index contributed by atoms with van der Waals surface area (Å²) in [6.07, 6.45) is -0.517. The fraction of sp³-hybridized carbons (Fsp3) is 0.333. The van der Waals surface area contributed by atoms with E-state index in [1.165, 1.54) is 6.92 Å². The van der Waals surface area contributed by atoms with Gasteiger partial charge in [0.15, 0.2) is 17.4 Å². The van der Waals surface area contributed by atoms with Crippen molar-refractivity contribution < 1.29 is 28.2 Å². The van der Waals surface area contributed by atoms with Gasteiger partial charge in [-0.2, -0.15) is 0 Å². The SMILES string of the molecule is COc1c(F)c(C)c(C(N)=O)c(CC(N)C(=O)O)c1F. The molecule has 1 aromatic carbocycles. The first-order chi connectivity index (χ1) is 9.22. The third-order valence-electron chi connectivity index (χ3n) is 2.86. The molecular weight excluding hydrogens is 274 g/mol. The zero-order chi connectivity index (χ0) is 15.6. The van der Waals surface area contributed by atoms with Gasteiger partial charge < -0.3 is 21.3 Å². The highest BCUT2D eigenvalue weighted by molar-refractivity contribution is 5.96. The molecule has 0 aromatic heterocycles. The van der Waals surface area contributed by atoms with E-state index in [1.807, 2.05) is 0 Å². The Morgan fingerprint density at radius 2 is 1.90 bits per heavy atom. The number of ether oxygens (including phenoxy) is 1. The molecule has 5 N–H and O–H groups in total. The van der Waals surface area contributed by atoms with Crippen LogP contribution in [0.15, 0.2) is 0 Å². The van der Waals surface area contributed by atoms with E-state index in [2.05, 4.69) is 4.74 Å². The Morgan fingerprint density at radius 1 is 1.35 bits per heavy atom. The Balaban J connectivity index is 3.58. The van der Waals surface area contributed by atoms with Crippen molar-refractivity contribution in [3.8, 4) is 5.75 Å². The van der Waals surface area contributed by atoms with E-state index in [4.69, 9.17) is 16.6 Å². The number of carbonyl (C=O) groups excluding carboxylic acids is 1. The number of hydrogen-bond donors (Lipinski definition) is 3. The molecule has 6 nitrogen and oxygen atoms in total. The first-order valence-electron chi connectivity index (χ1n) is 5.54. The Hall–Kier alpha value is -2.22. The molecule has 0 heterocycles. The highest BCUT2D eigenvalue weighted by Crippen LogP contribution is 2.31. The average molecular weight is 288 g/mol. The highest BCUT2D eigenvalue weighted by Gasteiger charge is 2.28. The Kier molecular flexibility index (Phi) is 4.61. The van der Waals surface area contributed by atoms with Gasteiger partial charge in [0.05, 0.1) is 12.7 Å². The van der Waals surface area contributed by atoms with E-state index in [-0.39, 0.29) is 11.1 Å². The largest absolute Gasteiger partial charge is 0.491 e. The van der Waals surface area contributed by atoms with Crippen LogP contribution in [-0.4, -0.2) is 30.1 Å². The lowest BCUT2D eigenvalue weighted by Gasteiger charge is -2.17. The lowest BCUT2D eigenvalue weighted by Crippen LogP contribution is -2.34. The highest BCUT2D eigenvalue weighted by atomic mass is 19.1. The first-order valence-corrected chi connectivity index (χ1v) is 5.54. The second kappa shape index (κ2) is 5.83. The number of primary amides is 1. The molecule has 0 bridgehead atoms. The number of carbonyl (C=O) groups is 2. The van der Waals surface area contributed by atoms with Gasteiger partial charge in [-0.15, -0.1) is 0 Å². The van der Waals surface area contributed by atoms with Gasteiger partial charge in [-0.1, -0.05) is 0 Å². The van der Waals surface area contributed by atoms with Crippen molar-refractivity contribution in [2.24, 2.45) is 11.5 Å². The fourth-order valence-corrected chi connectivity index (χ4v) is 1.86. The van der Waals surface area contributed by atoms with Crippen LogP contribution in [0.1, 0.15) is 21.5 Å². The van der Waals surface area contributed by atoms with Gasteiger partial charge in [0, 0.05) is 17.5 Å². The number of nitrogens with two attached hydrogens (primary N) is 2. The Labute approximate surface area is 113 Å². The number of amides is 1. The van der Waals surface area contributed by atoms with E-state index in [9.17, 15) is 18.4 Å². The molecule has 0 aliphatic heterocycles. The van der Waals surface area contributed by atoms with Gasteiger partial charge in [-0.25, -0.2) is 8.78 Å². The first kappa shape index (κ1) is 15.8. The summed E-state index contributed by atoms with van der Waals surface area (Å²) in [6, 6.07) is -1.46. The zero-order valence-corrected chi connectivity index (χ0v) is 10.9. The maximum atomic E-state index is 14.1. The summed E-state index contributed by atoms with van der Waals surface area (Å²) in [6.45, 7) is 1.22. The molecule has 1 unspecified atom stereocenters. The van der Waals surface area contributed by atoms with Gasteiger partial charge in [0.1, 0.15) is 6.04 Å². The molecule has 0 radical (unpaired) electrons. The minimum atomic E-state index is -1.46. The molecule has 0 spiro atoms. The van der Waals surface area contributed by atoms with Crippen molar-refractivity contribution in [1.82, 2.24) is 0 Å². The number of carboxylic acids is 1. The smallest absolute Gasteiger partial charge is 0.320 e. The fourth-order valence-electron chi connectivity index (χ4n) is 1.86. The maximum Gasteiger partial charge on any atom is 0.320 e. The lowest BCUT2D eigenvalue weighted by molar-refractivity contribution is -0.138. The number of benzene rings is 1. The summed E-state index contributed by atoms with van der Waals surface area (Å²) >= 11 is 0. The van der Waals surface area contributed by atoms with Crippen molar-refractivity contribution in [3.05, 3.63) is 28.3 Å². The van der Waals surface area contributed by atoms with Crippen molar-refractivity contribution in [3.63, 3.8) is 0 Å². The number of methoxy groups -OCH3 is 1. The summed E-state index contributed by atoms with van der Waals surface area (Å²) in [5.41, 5.74) is 9.40. The van der Waals surface area contributed by atoms with Crippen LogP contribution in [0.2, 0.25) is 0 Å². The molecular formula is C12H14F2N2O4. The van der Waals surface area contributed by atoms with Crippen LogP contribution in [0, 0.1) is 18.6 Å². The predicted molar refractivity (Wildman–Crippen MR) is 65.5 cm³/mol. The summed E-state index contributed by atoms with van der Waals surface area (Å²) in [4.78, 5) is 22.1. The summed E-state index contributed by atoms with van der Waals surface area (Å²) in [5, 5.41) is 8.75. The van der Waals surface area contributed by atoms with E-state index in [0.717, 1.165) is 7.11 Å². The van der Waals surface area contributed by atoms with Crippen molar-refractivity contribution in [2.75, 3.05) is 7.11 Å². The van der Waals surface area contributed by atoms with Crippen LogP contribution in [0.25, 0.3) is 0 Å². The van der Waals surface area contributed by atoms with Crippen LogP contribution in [0.5, 0.6) is 5.75 Å². The monoisotopic (exact) mass is 288 g/mol. The molecule has 1 aromatic rings. The van der Waals surface area contributed by atoms with E-state index in [0.29, 0.717) is 0 Å². The van der Waals surface area contributed by atoms with Crippen LogP contribution in [0.3, 0.4) is 0 Å². The summed E-state index contributed by atoms with van der Waals surface area (Å²) in [7, 11) is 1.05. The number of hydrogen-bond acceptors (Lipinski definition) is 4. The minimum absolute atomic E-state index is 0.219. The molecule has 20 heavy (non-hydrogen) atoms. The normalized spacial score (nSPS) is 12.1. The molecule has 1 rings (SSSR count). The molecule has 0 saturated carbocycles. The topological polar surface area (TPSA) is 116 Å². The summed E-state index contributed by atoms with van der Waals surface area (Å²) in [5.74, 6) is -5.41. The van der Waals surface area contributed by atoms with Gasteiger partial charge in [-0.05, 0) is 6.92 Å². The predicted octanol–water partition coefficient (Wildman–Crippen LogP) is 0.335. The zero-order valence-electron chi connectivity index (χ0n) is 10.9. The minimum Gasteiger partial charge on any atom is -0.491 e. The van der Waals surface area contributed by atoms with Crippen LogP contribution in [0.4, 0.5) is 8.78 Å². The third-order valence-corrected chi connectivity index (χ3v) is 2.86. The van der Waals surface area contributed by atoms with Crippen LogP contribution >= 0.6 is 0 Å². The second-order valence-corrected chi connectivity index (χ2v) is 4.15. The Bertz CT molecular complexity index is 575. The molecule has 8 heteroatoms. The quantitative estimate of drug-likeness (QED) is 0.722.